The lowest BCUT2D eigenvalue weighted by atomic mass is 9.89. The molecule has 0 aliphatic carbocycles. The minimum absolute atomic E-state index is 0.0334. The van der Waals surface area contributed by atoms with Gasteiger partial charge in [0.25, 0.3) is 0 Å². The number of ether oxygens (including phenoxy) is 2. The molecule has 1 saturated heterocycles. The minimum Gasteiger partial charge on any atom is -0.480 e. The summed E-state index contributed by atoms with van der Waals surface area (Å²) in [5.41, 5.74) is -0.893. The third kappa shape index (κ3) is 5.42. The standard InChI is InChI=1S/C17H22BrNO6/c1-16(2,3)25-15(22)19-11-17(7-8-24-19,23-10-14(20)21)12-5-4-6-13(18)9-12/h4-6,9H,7-8,10-11H2,1-3H3,(H,20,21). The molecule has 25 heavy (non-hydrogen) atoms. The lowest BCUT2D eigenvalue weighted by molar-refractivity contribution is -0.233. The number of carboxylic acids is 1. The summed E-state index contributed by atoms with van der Waals surface area (Å²) in [6.45, 7) is 5.04. The Labute approximate surface area is 154 Å². The summed E-state index contributed by atoms with van der Waals surface area (Å²) in [7, 11) is 0. The molecule has 0 spiro atoms. The molecule has 1 unspecified atom stereocenters. The molecule has 1 N–H and O–H groups in total. The first-order valence-electron chi connectivity index (χ1n) is 7.86. The third-order valence-electron chi connectivity index (χ3n) is 3.57. The van der Waals surface area contributed by atoms with E-state index in [0.717, 1.165) is 15.1 Å². The molecule has 8 heteroatoms. The summed E-state index contributed by atoms with van der Waals surface area (Å²) in [5.74, 6) is -1.08. The number of nitrogens with zero attached hydrogens (tertiary/aromatic N) is 1. The molecule has 1 atom stereocenters. The van der Waals surface area contributed by atoms with Gasteiger partial charge in [0.15, 0.2) is 0 Å². The van der Waals surface area contributed by atoms with Crippen molar-refractivity contribution in [3.63, 3.8) is 0 Å². The van der Waals surface area contributed by atoms with Crippen LogP contribution in [-0.4, -0.2) is 47.6 Å². The van der Waals surface area contributed by atoms with Crippen LogP contribution in [0.4, 0.5) is 4.79 Å². The van der Waals surface area contributed by atoms with Crippen molar-refractivity contribution >= 4 is 28.0 Å². The van der Waals surface area contributed by atoms with E-state index >= 15 is 0 Å². The van der Waals surface area contributed by atoms with Gasteiger partial charge >= 0.3 is 12.1 Å². The average Bonchev–Trinajstić information content (AvgIpc) is 2.51. The zero-order valence-electron chi connectivity index (χ0n) is 14.5. The molecule has 0 saturated carbocycles. The molecule has 0 aromatic heterocycles. The maximum absolute atomic E-state index is 12.3. The van der Waals surface area contributed by atoms with Crippen molar-refractivity contribution in [2.75, 3.05) is 19.8 Å². The molecule has 138 valence electrons. The second-order valence-electron chi connectivity index (χ2n) is 6.79. The summed E-state index contributed by atoms with van der Waals surface area (Å²) in [6, 6.07) is 7.38. The molecule has 1 aliphatic heterocycles. The molecule has 2 rings (SSSR count). The summed E-state index contributed by atoms with van der Waals surface area (Å²) >= 11 is 3.41. The highest BCUT2D eigenvalue weighted by Gasteiger charge is 2.42. The van der Waals surface area contributed by atoms with Crippen molar-refractivity contribution in [2.45, 2.75) is 38.4 Å². The van der Waals surface area contributed by atoms with Gasteiger partial charge in [-0.25, -0.2) is 9.59 Å². The second kappa shape index (κ2) is 7.72. The lowest BCUT2D eigenvalue weighted by Gasteiger charge is -2.42. The number of halogens is 1. The van der Waals surface area contributed by atoms with Gasteiger partial charge in [0, 0.05) is 10.9 Å². The van der Waals surface area contributed by atoms with Crippen molar-refractivity contribution in [1.29, 1.82) is 0 Å². The zero-order chi connectivity index (χ0) is 18.7. The fraction of sp³-hybridized carbons (Fsp3) is 0.529. The molecule has 0 radical (unpaired) electrons. The van der Waals surface area contributed by atoms with Gasteiger partial charge in [-0.3, -0.25) is 4.84 Å². The molecule has 0 bridgehead atoms. The van der Waals surface area contributed by atoms with Crippen LogP contribution in [0.3, 0.4) is 0 Å². The predicted octanol–water partition coefficient (Wildman–Crippen LogP) is 3.32. The van der Waals surface area contributed by atoms with Crippen LogP contribution in [0, 0.1) is 0 Å². The van der Waals surface area contributed by atoms with Crippen LogP contribution in [0.15, 0.2) is 28.7 Å². The fourth-order valence-electron chi connectivity index (χ4n) is 2.52. The van der Waals surface area contributed by atoms with Crippen LogP contribution >= 0.6 is 15.9 Å². The largest absolute Gasteiger partial charge is 0.480 e. The highest BCUT2D eigenvalue weighted by atomic mass is 79.9. The van der Waals surface area contributed by atoms with Gasteiger partial charge in [0.2, 0.25) is 0 Å². The number of benzene rings is 1. The van der Waals surface area contributed by atoms with E-state index < -0.39 is 29.9 Å². The Morgan fingerprint density at radius 2 is 2.12 bits per heavy atom. The van der Waals surface area contributed by atoms with Crippen molar-refractivity contribution < 1.29 is 29.0 Å². The van der Waals surface area contributed by atoms with Crippen molar-refractivity contribution in [1.82, 2.24) is 5.06 Å². The predicted molar refractivity (Wildman–Crippen MR) is 92.9 cm³/mol. The Hall–Kier alpha value is -1.64. The number of carboxylic acid groups (broad SMARTS) is 1. The van der Waals surface area contributed by atoms with Gasteiger partial charge in [-0.05, 0) is 38.5 Å². The zero-order valence-corrected chi connectivity index (χ0v) is 16.0. The number of carbonyl (C=O) groups is 2. The van der Waals surface area contributed by atoms with Crippen LogP contribution in [-0.2, 0) is 24.7 Å². The summed E-state index contributed by atoms with van der Waals surface area (Å²) in [4.78, 5) is 28.8. The molecule has 7 nitrogen and oxygen atoms in total. The molecule has 1 amide bonds. The number of amides is 1. The molecule has 1 heterocycles. The number of hydrogen-bond donors (Lipinski definition) is 1. The van der Waals surface area contributed by atoms with Crippen LogP contribution in [0.1, 0.15) is 32.8 Å². The molecular formula is C17H22BrNO6. The van der Waals surface area contributed by atoms with Crippen LogP contribution in [0.5, 0.6) is 0 Å². The molecule has 1 aromatic carbocycles. The van der Waals surface area contributed by atoms with E-state index in [4.69, 9.17) is 19.4 Å². The molecule has 1 aromatic rings. The molecular weight excluding hydrogens is 394 g/mol. The number of hydrogen-bond acceptors (Lipinski definition) is 5. The second-order valence-corrected chi connectivity index (χ2v) is 7.70. The van der Waals surface area contributed by atoms with Gasteiger partial charge in [-0.15, -0.1) is 0 Å². The molecule has 1 fully saturated rings. The van der Waals surface area contributed by atoms with E-state index in [1.165, 1.54) is 0 Å². The maximum Gasteiger partial charge on any atom is 0.434 e. The van der Waals surface area contributed by atoms with Crippen molar-refractivity contribution in [3.8, 4) is 0 Å². The number of rotatable bonds is 4. The quantitative estimate of drug-likeness (QED) is 0.811. The van der Waals surface area contributed by atoms with Crippen LogP contribution in [0.25, 0.3) is 0 Å². The van der Waals surface area contributed by atoms with E-state index in [-0.39, 0.29) is 13.2 Å². The highest BCUT2D eigenvalue weighted by molar-refractivity contribution is 9.10. The minimum atomic E-state index is -1.08. The fourth-order valence-corrected chi connectivity index (χ4v) is 2.92. The Morgan fingerprint density at radius 3 is 2.72 bits per heavy atom. The van der Waals surface area contributed by atoms with Gasteiger partial charge < -0.3 is 14.6 Å². The lowest BCUT2D eigenvalue weighted by Crippen LogP contribution is -2.52. The summed E-state index contributed by atoms with van der Waals surface area (Å²) < 4.78 is 11.9. The molecule has 1 aliphatic rings. The van der Waals surface area contributed by atoms with Gasteiger partial charge in [-0.1, -0.05) is 28.1 Å². The Morgan fingerprint density at radius 1 is 1.40 bits per heavy atom. The normalized spacial score (nSPS) is 21.0. The average molecular weight is 416 g/mol. The number of hydroxylamine groups is 2. The Bertz CT molecular complexity index is 644. The first kappa shape index (κ1) is 19.7. The first-order valence-corrected chi connectivity index (χ1v) is 8.66. The van der Waals surface area contributed by atoms with Crippen LogP contribution < -0.4 is 0 Å². The van der Waals surface area contributed by atoms with Crippen molar-refractivity contribution in [3.05, 3.63) is 34.3 Å². The van der Waals surface area contributed by atoms with E-state index in [9.17, 15) is 9.59 Å². The van der Waals surface area contributed by atoms with E-state index in [1.807, 2.05) is 24.3 Å². The number of aliphatic carboxylic acids is 1. The van der Waals surface area contributed by atoms with E-state index in [2.05, 4.69) is 15.9 Å². The SMILES string of the molecule is CC(C)(C)OC(=O)N1CC(OCC(=O)O)(c2cccc(Br)c2)CCO1. The van der Waals surface area contributed by atoms with Gasteiger partial charge in [-0.2, -0.15) is 5.06 Å². The van der Waals surface area contributed by atoms with Crippen molar-refractivity contribution in [2.24, 2.45) is 0 Å². The third-order valence-corrected chi connectivity index (χ3v) is 4.07. The van der Waals surface area contributed by atoms with E-state index in [1.54, 1.807) is 20.8 Å². The van der Waals surface area contributed by atoms with Crippen LogP contribution in [0.2, 0.25) is 0 Å². The Balaban J connectivity index is 2.28. The smallest absolute Gasteiger partial charge is 0.434 e. The topological polar surface area (TPSA) is 85.3 Å². The maximum atomic E-state index is 12.3. The first-order chi connectivity index (χ1) is 11.6. The van der Waals surface area contributed by atoms with E-state index in [0.29, 0.717) is 6.42 Å². The summed E-state index contributed by atoms with van der Waals surface area (Å²) in [6.07, 6.45) is -0.221. The number of carbonyl (C=O) groups excluding carboxylic acids is 1. The van der Waals surface area contributed by atoms with Gasteiger partial charge in [0.05, 0.1) is 13.2 Å². The highest BCUT2D eigenvalue weighted by Crippen LogP contribution is 2.35. The monoisotopic (exact) mass is 415 g/mol. The summed E-state index contributed by atoms with van der Waals surface area (Å²) in [5, 5.41) is 10.1. The Kier molecular flexibility index (Phi) is 6.08. The van der Waals surface area contributed by atoms with Gasteiger partial charge in [0.1, 0.15) is 17.8 Å².